The molecule has 1 aromatic carbocycles. The standard InChI is InChI=1S/C21H25N3O6/c1-15(22-20(26)18-4-3-13-29-18)21(27)30-14-19(25)24-11-9-23(10-12-24)16-5-7-17(28-2)8-6-16/h3-8,13,15H,9-12,14H2,1-2H3,(H,22,26). The predicted octanol–water partition coefficient (Wildman–Crippen LogP) is 1.30. The lowest BCUT2D eigenvalue weighted by Gasteiger charge is -2.36. The Bertz CT molecular complexity index is 857. The fourth-order valence-electron chi connectivity index (χ4n) is 3.09. The van der Waals surface area contributed by atoms with Crippen LogP contribution in [0.4, 0.5) is 5.69 Å². The lowest BCUT2D eigenvalue weighted by molar-refractivity contribution is -0.153. The van der Waals surface area contributed by atoms with Crippen molar-refractivity contribution in [1.82, 2.24) is 10.2 Å². The SMILES string of the molecule is COc1ccc(N2CCN(C(=O)COC(=O)C(C)NC(=O)c3ccco3)CC2)cc1. The summed E-state index contributed by atoms with van der Waals surface area (Å²) >= 11 is 0. The molecular weight excluding hydrogens is 390 g/mol. The fraction of sp³-hybridized carbons (Fsp3) is 0.381. The lowest BCUT2D eigenvalue weighted by atomic mass is 10.2. The summed E-state index contributed by atoms with van der Waals surface area (Å²) in [6.07, 6.45) is 1.37. The molecule has 0 radical (unpaired) electrons. The number of carbonyl (C=O) groups is 3. The number of anilines is 1. The molecule has 1 aromatic heterocycles. The summed E-state index contributed by atoms with van der Waals surface area (Å²) in [6.45, 7) is 3.56. The largest absolute Gasteiger partial charge is 0.497 e. The van der Waals surface area contributed by atoms with E-state index in [0.29, 0.717) is 26.2 Å². The Morgan fingerprint density at radius 3 is 2.40 bits per heavy atom. The maximum absolute atomic E-state index is 12.4. The third-order valence-electron chi connectivity index (χ3n) is 4.85. The van der Waals surface area contributed by atoms with E-state index in [0.717, 1.165) is 11.4 Å². The van der Waals surface area contributed by atoms with Crippen molar-refractivity contribution in [3.8, 4) is 5.75 Å². The summed E-state index contributed by atoms with van der Waals surface area (Å²) < 4.78 is 15.2. The topological polar surface area (TPSA) is 101 Å². The number of rotatable bonds is 7. The van der Waals surface area contributed by atoms with Crippen LogP contribution in [0.2, 0.25) is 0 Å². The zero-order valence-electron chi connectivity index (χ0n) is 17.0. The molecule has 2 aromatic rings. The summed E-state index contributed by atoms with van der Waals surface area (Å²) in [4.78, 5) is 40.2. The van der Waals surface area contributed by atoms with E-state index in [1.807, 2.05) is 24.3 Å². The Morgan fingerprint density at radius 1 is 1.10 bits per heavy atom. The van der Waals surface area contributed by atoms with Gasteiger partial charge in [-0.3, -0.25) is 9.59 Å². The predicted molar refractivity (Wildman–Crippen MR) is 108 cm³/mol. The molecular formula is C21H25N3O6. The zero-order valence-corrected chi connectivity index (χ0v) is 17.0. The third kappa shape index (κ3) is 5.31. The molecule has 1 atom stereocenters. The normalized spacial score (nSPS) is 14.7. The number of methoxy groups -OCH3 is 1. The van der Waals surface area contributed by atoms with Crippen LogP contribution in [0.25, 0.3) is 0 Å². The number of nitrogens with one attached hydrogen (secondary N) is 1. The van der Waals surface area contributed by atoms with E-state index >= 15 is 0 Å². The summed E-state index contributed by atoms with van der Waals surface area (Å²) in [5, 5.41) is 2.47. The molecule has 30 heavy (non-hydrogen) atoms. The molecule has 1 saturated heterocycles. The Hall–Kier alpha value is -3.49. The van der Waals surface area contributed by atoms with Crippen LogP contribution in [0, 0.1) is 0 Å². The number of carbonyl (C=O) groups excluding carboxylic acids is 3. The summed E-state index contributed by atoms with van der Waals surface area (Å²) in [7, 11) is 1.62. The number of ether oxygens (including phenoxy) is 2. The Labute approximate surface area is 174 Å². The number of esters is 1. The molecule has 9 nitrogen and oxygen atoms in total. The van der Waals surface area contributed by atoms with E-state index in [-0.39, 0.29) is 18.3 Å². The van der Waals surface area contributed by atoms with E-state index in [2.05, 4.69) is 10.2 Å². The van der Waals surface area contributed by atoms with Gasteiger partial charge in [-0.15, -0.1) is 0 Å². The molecule has 1 aliphatic heterocycles. The molecule has 1 fully saturated rings. The summed E-state index contributed by atoms with van der Waals surface area (Å²) in [5.41, 5.74) is 1.07. The fourth-order valence-corrected chi connectivity index (χ4v) is 3.09. The Balaban J connectivity index is 1.40. The highest BCUT2D eigenvalue weighted by molar-refractivity contribution is 5.94. The molecule has 2 heterocycles. The van der Waals surface area contributed by atoms with Crippen LogP contribution >= 0.6 is 0 Å². The first-order valence-electron chi connectivity index (χ1n) is 9.65. The van der Waals surface area contributed by atoms with Crippen molar-refractivity contribution in [2.24, 2.45) is 0 Å². The maximum atomic E-state index is 12.4. The number of piperazine rings is 1. The van der Waals surface area contributed by atoms with E-state index in [9.17, 15) is 14.4 Å². The van der Waals surface area contributed by atoms with Gasteiger partial charge in [-0.1, -0.05) is 0 Å². The van der Waals surface area contributed by atoms with Gasteiger partial charge >= 0.3 is 5.97 Å². The molecule has 3 rings (SSSR count). The highest BCUT2D eigenvalue weighted by Gasteiger charge is 2.24. The molecule has 1 N–H and O–H groups in total. The van der Waals surface area contributed by atoms with Gasteiger partial charge in [0.15, 0.2) is 12.4 Å². The number of amides is 2. The monoisotopic (exact) mass is 415 g/mol. The smallest absolute Gasteiger partial charge is 0.328 e. The second kappa shape index (κ2) is 9.82. The van der Waals surface area contributed by atoms with Gasteiger partial charge in [-0.25, -0.2) is 4.79 Å². The second-order valence-electron chi connectivity index (χ2n) is 6.85. The van der Waals surface area contributed by atoms with Crippen molar-refractivity contribution in [1.29, 1.82) is 0 Å². The van der Waals surface area contributed by atoms with Crippen molar-refractivity contribution in [2.45, 2.75) is 13.0 Å². The van der Waals surface area contributed by atoms with Crippen molar-refractivity contribution in [3.05, 3.63) is 48.4 Å². The lowest BCUT2D eigenvalue weighted by Crippen LogP contribution is -2.50. The number of furan rings is 1. The molecule has 0 bridgehead atoms. The number of nitrogens with zero attached hydrogens (tertiary/aromatic N) is 2. The minimum atomic E-state index is -0.901. The van der Waals surface area contributed by atoms with Gasteiger partial charge in [0.05, 0.1) is 13.4 Å². The van der Waals surface area contributed by atoms with E-state index in [4.69, 9.17) is 13.9 Å². The molecule has 1 unspecified atom stereocenters. The average molecular weight is 415 g/mol. The molecule has 0 saturated carbocycles. The van der Waals surface area contributed by atoms with Gasteiger partial charge in [-0.2, -0.15) is 0 Å². The molecule has 9 heteroatoms. The van der Waals surface area contributed by atoms with Gasteiger partial charge in [0.1, 0.15) is 11.8 Å². The van der Waals surface area contributed by atoms with Crippen molar-refractivity contribution < 1.29 is 28.3 Å². The van der Waals surface area contributed by atoms with Crippen molar-refractivity contribution in [3.63, 3.8) is 0 Å². The molecule has 160 valence electrons. The van der Waals surface area contributed by atoms with Crippen LogP contribution in [0.15, 0.2) is 47.1 Å². The molecule has 0 aliphatic carbocycles. The third-order valence-corrected chi connectivity index (χ3v) is 4.85. The minimum Gasteiger partial charge on any atom is -0.497 e. The van der Waals surface area contributed by atoms with Crippen LogP contribution in [0.5, 0.6) is 5.75 Å². The van der Waals surface area contributed by atoms with E-state index in [1.165, 1.54) is 19.3 Å². The number of hydrogen-bond acceptors (Lipinski definition) is 7. The number of hydrogen-bond donors (Lipinski definition) is 1. The van der Waals surface area contributed by atoms with Gasteiger partial charge in [0.2, 0.25) is 0 Å². The van der Waals surface area contributed by atoms with E-state index in [1.54, 1.807) is 18.1 Å². The van der Waals surface area contributed by atoms with Gasteiger partial charge < -0.3 is 29.0 Å². The van der Waals surface area contributed by atoms with Crippen LogP contribution in [-0.4, -0.2) is 68.6 Å². The van der Waals surface area contributed by atoms with Gasteiger partial charge in [0, 0.05) is 31.9 Å². The highest BCUT2D eigenvalue weighted by atomic mass is 16.5. The minimum absolute atomic E-state index is 0.0976. The van der Waals surface area contributed by atoms with Gasteiger partial charge in [0.25, 0.3) is 11.8 Å². The molecule has 1 aliphatic rings. The van der Waals surface area contributed by atoms with Crippen molar-refractivity contribution >= 4 is 23.5 Å². The zero-order chi connectivity index (χ0) is 21.5. The first kappa shape index (κ1) is 21.2. The van der Waals surface area contributed by atoms with Crippen LogP contribution < -0.4 is 15.0 Å². The quantitative estimate of drug-likeness (QED) is 0.680. The molecule has 0 spiro atoms. The Kier molecular flexibility index (Phi) is 6.95. The summed E-state index contributed by atoms with van der Waals surface area (Å²) in [5.74, 6) is -0.572. The maximum Gasteiger partial charge on any atom is 0.328 e. The van der Waals surface area contributed by atoms with Crippen LogP contribution in [0.3, 0.4) is 0 Å². The first-order chi connectivity index (χ1) is 14.5. The highest BCUT2D eigenvalue weighted by Crippen LogP contribution is 2.20. The van der Waals surface area contributed by atoms with Crippen LogP contribution in [-0.2, 0) is 14.3 Å². The van der Waals surface area contributed by atoms with Crippen molar-refractivity contribution in [2.75, 3.05) is 44.8 Å². The second-order valence-corrected chi connectivity index (χ2v) is 6.85. The average Bonchev–Trinajstić information content (AvgIpc) is 3.32. The van der Waals surface area contributed by atoms with Crippen LogP contribution in [0.1, 0.15) is 17.5 Å². The Morgan fingerprint density at radius 2 is 1.80 bits per heavy atom. The van der Waals surface area contributed by atoms with Gasteiger partial charge in [-0.05, 0) is 43.3 Å². The van der Waals surface area contributed by atoms with E-state index < -0.39 is 17.9 Å². The summed E-state index contributed by atoms with van der Waals surface area (Å²) in [6, 6.07) is 9.93. The molecule has 2 amide bonds. The number of benzene rings is 1. The first-order valence-corrected chi connectivity index (χ1v) is 9.65.